The summed E-state index contributed by atoms with van der Waals surface area (Å²) in [6, 6.07) is 4.01. The summed E-state index contributed by atoms with van der Waals surface area (Å²) < 4.78 is 0. The van der Waals surface area contributed by atoms with E-state index in [1.54, 1.807) is 6.92 Å². The second-order valence-corrected chi connectivity index (χ2v) is 4.15. The Morgan fingerprint density at radius 1 is 1.61 bits per heavy atom. The number of hydrogen-bond acceptors (Lipinski definition) is 4. The summed E-state index contributed by atoms with van der Waals surface area (Å²) in [6.07, 6.45) is 0.493. The fourth-order valence-electron chi connectivity index (χ4n) is 1.40. The Morgan fingerprint density at radius 3 is 2.72 bits per heavy atom. The summed E-state index contributed by atoms with van der Waals surface area (Å²) in [4.78, 5) is 20.8. The number of nitro groups is 1. The molecular weight excluding hydrogens is 260 g/mol. The van der Waals surface area contributed by atoms with Crippen LogP contribution in [0.15, 0.2) is 18.2 Å². The van der Waals surface area contributed by atoms with Crippen molar-refractivity contribution >= 4 is 28.9 Å². The molecule has 18 heavy (non-hydrogen) atoms. The lowest BCUT2D eigenvalue weighted by Gasteiger charge is -2.13. The van der Waals surface area contributed by atoms with Crippen LogP contribution in [0.3, 0.4) is 0 Å². The first-order valence-electron chi connectivity index (χ1n) is 5.36. The van der Waals surface area contributed by atoms with Gasteiger partial charge in [-0.1, -0.05) is 18.5 Å². The van der Waals surface area contributed by atoms with E-state index in [0.717, 1.165) is 0 Å². The Morgan fingerprint density at radius 2 is 2.28 bits per heavy atom. The van der Waals surface area contributed by atoms with Crippen molar-refractivity contribution < 1.29 is 14.8 Å². The van der Waals surface area contributed by atoms with Crippen LogP contribution in [0.25, 0.3) is 0 Å². The average Bonchev–Trinajstić information content (AvgIpc) is 2.30. The molecular formula is C11H13ClN2O4. The fraction of sp³-hybridized carbons (Fsp3) is 0.364. The number of aliphatic carboxylic acids is 1. The van der Waals surface area contributed by atoms with Crippen LogP contribution in [0.4, 0.5) is 11.4 Å². The van der Waals surface area contributed by atoms with E-state index in [1.807, 2.05) is 0 Å². The van der Waals surface area contributed by atoms with E-state index in [2.05, 4.69) is 5.32 Å². The maximum Gasteiger partial charge on any atom is 0.308 e. The van der Waals surface area contributed by atoms with E-state index in [4.69, 9.17) is 16.7 Å². The summed E-state index contributed by atoms with van der Waals surface area (Å²) in [7, 11) is 0. The van der Waals surface area contributed by atoms with Crippen LogP contribution < -0.4 is 5.32 Å². The number of nitrogens with one attached hydrogen (secondary N) is 1. The van der Waals surface area contributed by atoms with Crippen LogP contribution in [0.1, 0.15) is 13.3 Å². The SMILES string of the molecule is CCC(CNc1ccc([N+](=O)[O-])cc1Cl)C(=O)O. The number of nitrogens with zero attached hydrogens (tertiary/aromatic N) is 1. The van der Waals surface area contributed by atoms with Crippen molar-refractivity contribution in [3.8, 4) is 0 Å². The first-order valence-corrected chi connectivity index (χ1v) is 5.74. The van der Waals surface area contributed by atoms with Gasteiger partial charge in [-0.15, -0.1) is 0 Å². The smallest absolute Gasteiger partial charge is 0.308 e. The Hall–Kier alpha value is -1.82. The number of benzene rings is 1. The summed E-state index contributed by atoms with van der Waals surface area (Å²) >= 11 is 5.87. The zero-order valence-electron chi connectivity index (χ0n) is 9.72. The molecule has 0 aliphatic rings. The minimum atomic E-state index is -0.886. The highest BCUT2D eigenvalue weighted by Crippen LogP contribution is 2.26. The van der Waals surface area contributed by atoms with Crippen LogP contribution in [0, 0.1) is 16.0 Å². The number of carbonyl (C=O) groups is 1. The van der Waals surface area contributed by atoms with Crippen molar-refractivity contribution in [2.24, 2.45) is 5.92 Å². The molecule has 1 aromatic rings. The normalized spacial score (nSPS) is 11.9. The van der Waals surface area contributed by atoms with Gasteiger partial charge < -0.3 is 10.4 Å². The molecule has 0 aromatic heterocycles. The topological polar surface area (TPSA) is 92.5 Å². The first kappa shape index (κ1) is 14.2. The van der Waals surface area contributed by atoms with Gasteiger partial charge in [0, 0.05) is 18.7 Å². The van der Waals surface area contributed by atoms with Crippen LogP contribution in [-0.2, 0) is 4.79 Å². The third-order valence-electron chi connectivity index (χ3n) is 2.54. The molecule has 0 spiro atoms. The van der Waals surface area contributed by atoms with Gasteiger partial charge in [-0.2, -0.15) is 0 Å². The van der Waals surface area contributed by atoms with Gasteiger partial charge in [0.1, 0.15) is 0 Å². The summed E-state index contributed by atoms with van der Waals surface area (Å²) in [5.41, 5.74) is 0.387. The van der Waals surface area contributed by atoms with Crippen LogP contribution >= 0.6 is 11.6 Å². The van der Waals surface area contributed by atoms with Gasteiger partial charge in [0.2, 0.25) is 0 Å². The second kappa shape index (κ2) is 6.20. The highest BCUT2D eigenvalue weighted by molar-refractivity contribution is 6.33. The molecule has 0 amide bonds. The van der Waals surface area contributed by atoms with E-state index in [9.17, 15) is 14.9 Å². The third kappa shape index (κ3) is 3.59. The lowest BCUT2D eigenvalue weighted by Crippen LogP contribution is -2.22. The third-order valence-corrected chi connectivity index (χ3v) is 2.86. The molecule has 0 radical (unpaired) electrons. The van der Waals surface area contributed by atoms with E-state index < -0.39 is 16.8 Å². The highest BCUT2D eigenvalue weighted by atomic mass is 35.5. The molecule has 2 N–H and O–H groups in total. The minimum absolute atomic E-state index is 0.101. The zero-order chi connectivity index (χ0) is 13.7. The number of non-ortho nitro benzene ring substituents is 1. The molecule has 1 atom stereocenters. The lowest BCUT2D eigenvalue weighted by molar-refractivity contribution is -0.384. The second-order valence-electron chi connectivity index (χ2n) is 3.75. The lowest BCUT2D eigenvalue weighted by atomic mass is 10.1. The van der Waals surface area contributed by atoms with Crippen molar-refractivity contribution in [1.29, 1.82) is 0 Å². The summed E-state index contributed by atoms with van der Waals surface area (Å²) in [6.45, 7) is 2.00. The summed E-state index contributed by atoms with van der Waals surface area (Å²) in [5.74, 6) is -1.40. The van der Waals surface area contributed by atoms with E-state index in [1.165, 1.54) is 18.2 Å². The molecule has 0 saturated carbocycles. The molecule has 0 aliphatic carbocycles. The van der Waals surface area contributed by atoms with Crippen molar-refractivity contribution in [2.75, 3.05) is 11.9 Å². The molecule has 0 bridgehead atoms. The average molecular weight is 273 g/mol. The fourth-order valence-corrected chi connectivity index (χ4v) is 1.64. The van der Waals surface area contributed by atoms with Crippen LogP contribution in [0.2, 0.25) is 5.02 Å². The Kier molecular flexibility index (Phi) is 4.91. The van der Waals surface area contributed by atoms with Crippen molar-refractivity contribution in [1.82, 2.24) is 0 Å². The number of rotatable bonds is 6. The maximum absolute atomic E-state index is 10.8. The van der Waals surface area contributed by atoms with E-state index >= 15 is 0 Å². The minimum Gasteiger partial charge on any atom is -0.481 e. The molecule has 0 aliphatic heterocycles. The van der Waals surface area contributed by atoms with E-state index in [-0.39, 0.29) is 17.3 Å². The Labute approximate surface area is 109 Å². The molecule has 98 valence electrons. The predicted octanol–water partition coefficient (Wildman–Crippen LogP) is 2.77. The number of carboxylic acids is 1. The zero-order valence-corrected chi connectivity index (χ0v) is 10.5. The van der Waals surface area contributed by atoms with Gasteiger partial charge in [0.15, 0.2) is 0 Å². The molecule has 7 heteroatoms. The van der Waals surface area contributed by atoms with Gasteiger partial charge in [-0.25, -0.2) is 0 Å². The Balaban J connectivity index is 2.74. The molecule has 1 rings (SSSR count). The van der Waals surface area contributed by atoms with Gasteiger partial charge in [0.05, 0.1) is 21.6 Å². The van der Waals surface area contributed by atoms with Gasteiger partial charge in [0.25, 0.3) is 5.69 Å². The number of carboxylic acid groups (broad SMARTS) is 1. The van der Waals surface area contributed by atoms with Gasteiger partial charge >= 0.3 is 5.97 Å². The number of halogens is 1. The maximum atomic E-state index is 10.8. The van der Waals surface area contributed by atoms with Gasteiger partial charge in [-0.3, -0.25) is 14.9 Å². The largest absolute Gasteiger partial charge is 0.481 e. The monoisotopic (exact) mass is 272 g/mol. The molecule has 1 aromatic carbocycles. The molecule has 0 heterocycles. The highest BCUT2D eigenvalue weighted by Gasteiger charge is 2.15. The van der Waals surface area contributed by atoms with Crippen molar-refractivity contribution in [3.05, 3.63) is 33.3 Å². The van der Waals surface area contributed by atoms with Crippen molar-refractivity contribution in [3.63, 3.8) is 0 Å². The predicted molar refractivity (Wildman–Crippen MR) is 68.0 cm³/mol. The van der Waals surface area contributed by atoms with Crippen LogP contribution in [-0.4, -0.2) is 22.5 Å². The summed E-state index contributed by atoms with van der Waals surface area (Å²) in [5, 5.41) is 22.5. The first-order chi connectivity index (χ1) is 8.45. The van der Waals surface area contributed by atoms with Crippen LogP contribution in [0.5, 0.6) is 0 Å². The van der Waals surface area contributed by atoms with E-state index in [0.29, 0.717) is 12.1 Å². The molecule has 0 fully saturated rings. The number of hydrogen-bond donors (Lipinski definition) is 2. The Bertz CT molecular complexity index is 464. The number of nitro benzene ring substituents is 1. The molecule has 6 nitrogen and oxygen atoms in total. The molecule has 1 unspecified atom stereocenters. The van der Waals surface area contributed by atoms with Crippen molar-refractivity contribution in [2.45, 2.75) is 13.3 Å². The van der Waals surface area contributed by atoms with Gasteiger partial charge in [-0.05, 0) is 12.5 Å². The number of anilines is 1. The molecule has 0 saturated heterocycles. The quantitative estimate of drug-likeness (QED) is 0.613. The standard InChI is InChI=1S/C11H13ClN2O4/c1-2-7(11(15)16)6-13-10-4-3-8(14(17)18)5-9(10)12/h3-5,7,13H,2,6H2,1H3,(H,15,16).